The molecule has 1 aliphatic heterocycles. The second kappa shape index (κ2) is 9.19. The molecule has 1 aromatic heterocycles. The van der Waals surface area contributed by atoms with Crippen molar-refractivity contribution in [1.82, 2.24) is 9.88 Å². The lowest BCUT2D eigenvalue weighted by Crippen LogP contribution is -2.39. The van der Waals surface area contributed by atoms with Crippen molar-refractivity contribution in [2.75, 3.05) is 50.0 Å². The molecule has 2 aromatic rings. The van der Waals surface area contributed by atoms with Gasteiger partial charge in [-0.05, 0) is 24.3 Å². The number of nitrogens with zero attached hydrogens (tertiary/aromatic N) is 2. The van der Waals surface area contributed by atoms with E-state index in [4.69, 9.17) is 27.9 Å². The summed E-state index contributed by atoms with van der Waals surface area (Å²) in [5, 5.41) is 6.75. The Balaban J connectivity index is 1.57. The van der Waals surface area contributed by atoms with Crippen LogP contribution in [0.5, 0.6) is 0 Å². The van der Waals surface area contributed by atoms with E-state index in [1.807, 2.05) is 6.07 Å². The molecular formula is C18H20Cl2N4O2. The Bertz CT molecular complexity index is 767. The number of halogens is 2. The zero-order chi connectivity index (χ0) is 18.4. The van der Waals surface area contributed by atoms with Gasteiger partial charge in [-0.25, -0.2) is 0 Å². The van der Waals surface area contributed by atoms with E-state index < -0.39 is 0 Å². The molecule has 2 heterocycles. The molecule has 26 heavy (non-hydrogen) atoms. The summed E-state index contributed by atoms with van der Waals surface area (Å²) in [4.78, 5) is 18.9. The lowest BCUT2D eigenvalue weighted by molar-refractivity contribution is 0.0398. The lowest BCUT2D eigenvalue weighted by Gasteiger charge is -2.26. The van der Waals surface area contributed by atoms with Crippen LogP contribution in [0.3, 0.4) is 0 Å². The molecule has 3 rings (SSSR count). The monoisotopic (exact) mass is 394 g/mol. The number of hydrogen-bond acceptors (Lipinski definition) is 5. The lowest BCUT2D eigenvalue weighted by atomic mass is 10.2. The Morgan fingerprint density at radius 1 is 1.23 bits per heavy atom. The van der Waals surface area contributed by atoms with Gasteiger partial charge in [0.25, 0.3) is 5.91 Å². The van der Waals surface area contributed by atoms with Gasteiger partial charge in [-0.15, -0.1) is 0 Å². The van der Waals surface area contributed by atoms with Gasteiger partial charge in [0.15, 0.2) is 0 Å². The molecule has 0 spiro atoms. The molecule has 1 aromatic carbocycles. The van der Waals surface area contributed by atoms with Crippen molar-refractivity contribution >= 4 is 40.5 Å². The van der Waals surface area contributed by atoms with Crippen LogP contribution in [0.2, 0.25) is 10.0 Å². The van der Waals surface area contributed by atoms with E-state index in [-0.39, 0.29) is 5.91 Å². The summed E-state index contributed by atoms with van der Waals surface area (Å²) in [6, 6.07) is 8.63. The van der Waals surface area contributed by atoms with Crippen molar-refractivity contribution in [2.24, 2.45) is 0 Å². The van der Waals surface area contributed by atoms with E-state index in [2.05, 4.69) is 20.5 Å². The topological polar surface area (TPSA) is 66.5 Å². The van der Waals surface area contributed by atoms with Gasteiger partial charge in [0.2, 0.25) is 0 Å². The summed E-state index contributed by atoms with van der Waals surface area (Å²) < 4.78 is 5.34. The van der Waals surface area contributed by atoms with E-state index >= 15 is 0 Å². The van der Waals surface area contributed by atoms with E-state index in [0.29, 0.717) is 21.4 Å². The average Bonchev–Trinajstić information content (AvgIpc) is 2.66. The minimum Gasteiger partial charge on any atom is -0.384 e. The van der Waals surface area contributed by atoms with Crippen molar-refractivity contribution in [3.8, 4) is 0 Å². The van der Waals surface area contributed by atoms with Gasteiger partial charge in [-0.2, -0.15) is 0 Å². The van der Waals surface area contributed by atoms with Crippen molar-refractivity contribution < 1.29 is 9.53 Å². The molecular weight excluding hydrogens is 375 g/mol. The smallest absolute Gasteiger partial charge is 0.274 e. The second-order valence-corrected chi connectivity index (χ2v) is 6.65. The third kappa shape index (κ3) is 5.08. The largest absolute Gasteiger partial charge is 0.384 e. The van der Waals surface area contributed by atoms with Crippen LogP contribution in [0.4, 0.5) is 11.4 Å². The molecule has 0 atom stereocenters. The Morgan fingerprint density at radius 2 is 2.04 bits per heavy atom. The highest BCUT2D eigenvalue weighted by Crippen LogP contribution is 2.29. The Hall–Kier alpha value is -1.86. The zero-order valence-electron chi connectivity index (χ0n) is 14.2. The number of carbonyl (C=O) groups excluding carboxylic acids is 1. The molecule has 8 heteroatoms. The van der Waals surface area contributed by atoms with Gasteiger partial charge in [0, 0.05) is 38.1 Å². The predicted octanol–water partition coefficient (Wildman–Crippen LogP) is 3.38. The van der Waals surface area contributed by atoms with Crippen LogP contribution >= 0.6 is 23.2 Å². The maximum atomic E-state index is 12.4. The zero-order valence-corrected chi connectivity index (χ0v) is 15.7. The molecule has 138 valence electrons. The van der Waals surface area contributed by atoms with E-state index in [1.165, 1.54) is 0 Å². The normalized spacial score (nSPS) is 14.8. The highest BCUT2D eigenvalue weighted by atomic mass is 35.5. The van der Waals surface area contributed by atoms with Crippen LogP contribution in [-0.4, -0.2) is 55.2 Å². The number of morpholine rings is 1. The number of aromatic nitrogens is 1. The summed E-state index contributed by atoms with van der Waals surface area (Å²) in [6.07, 6.45) is 1.60. The minimum atomic E-state index is -0.342. The number of hydrogen-bond donors (Lipinski definition) is 2. The molecule has 0 bridgehead atoms. The van der Waals surface area contributed by atoms with Crippen LogP contribution in [0.1, 0.15) is 10.5 Å². The number of rotatable bonds is 6. The molecule has 1 fully saturated rings. The standard InChI is InChI=1S/C18H20Cl2N4O2/c19-14-2-1-3-15(17(14)20)23-18(25)16-12-13(4-5-22-16)21-6-7-24-8-10-26-11-9-24/h1-5,12H,6-11H2,(H,21,22)(H,23,25). The molecule has 0 radical (unpaired) electrons. The number of carbonyl (C=O) groups is 1. The first-order chi connectivity index (χ1) is 12.6. The van der Waals surface area contributed by atoms with Gasteiger partial charge in [0.05, 0.1) is 28.9 Å². The molecule has 2 N–H and O–H groups in total. The van der Waals surface area contributed by atoms with Crippen molar-refractivity contribution in [1.29, 1.82) is 0 Å². The van der Waals surface area contributed by atoms with Gasteiger partial charge in [-0.3, -0.25) is 14.7 Å². The predicted molar refractivity (Wildman–Crippen MR) is 104 cm³/mol. The Kier molecular flexibility index (Phi) is 6.68. The second-order valence-electron chi connectivity index (χ2n) is 5.87. The number of ether oxygens (including phenoxy) is 1. The van der Waals surface area contributed by atoms with Gasteiger partial charge in [-0.1, -0.05) is 29.3 Å². The third-order valence-electron chi connectivity index (χ3n) is 4.05. The minimum absolute atomic E-state index is 0.303. The molecule has 1 saturated heterocycles. The van der Waals surface area contributed by atoms with Crippen LogP contribution in [0.15, 0.2) is 36.5 Å². The van der Waals surface area contributed by atoms with Gasteiger partial charge >= 0.3 is 0 Å². The number of anilines is 2. The van der Waals surface area contributed by atoms with Crippen molar-refractivity contribution in [3.63, 3.8) is 0 Å². The SMILES string of the molecule is O=C(Nc1cccc(Cl)c1Cl)c1cc(NCCN2CCOCC2)ccn1. The van der Waals surface area contributed by atoms with Gasteiger partial charge in [0.1, 0.15) is 5.69 Å². The molecule has 0 unspecified atom stereocenters. The Labute approximate surface area is 162 Å². The number of benzene rings is 1. The fraction of sp³-hybridized carbons (Fsp3) is 0.333. The maximum absolute atomic E-state index is 12.4. The van der Waals surface area contributed by atoms with Crippen LogP contribution in [0, 0.1) is 0 Å². The third-order valence-corrected chi connectivity index (χ3v) is 4.87. The highest BCUT2D eigenvalue weighted by molar-refractivity contribution is 6.44. The Morgan fingerprint density at radius 3 is 2.85 bits per heavy atom. The summed E-state index contributed by atoms with van der Waals surface area (Å²) in [5.41, 5.74) is 1.60. The van der Waals surface area contributed by atoms with Gasteiger partial charge < -0.3 is 15.4 Å². The summed E-state index contributed by atoms with van der Waals surface area (Å²) in [6.45, 7) is 5.17. The van der Waals surface area contributed by atoms with Crippen molar-refractivity contribution in [3.05, 3.63) is 52.3 Å². The molecule has 1 amide bonds. The molecule has 0 aliphatic carbocycles. The summed E-state index contributed by atoms with van der Waals surface area (Å²) in [7, 11) is 0. The van der Waals surface area contributed by atoms with Crippen LogP contribution in [-0.2, 0) is 4.74 Å². The van der Waals surface area contributed by atoms with E-state index in [0.717, 1.165) is 45.1 Å². The first-order valence-corrected chi connectivity index (χ1v) is 9.14. The highest BCUT2D eigenvalue weighted by Gasteiger charge is 2.13. The number of pyridine rings is 1. The first kappa shape index (κ1) is 18.9. The average molecular weight is 395 g/mol. The van der Waals surface area contributed by atoms with Crippen LogP contribution < -0.4 is 10.6 Å². The van der Waals surface area contributed by atoms with E-state index in [1.54, 1.807) is 30.5 Å². The number of nitrogens with one attached hydrogen (secondary N) is 2. The molecule has 1 aliphatic rings. The quantitative estimate of drug-likeness (QED) is 0.785. The van der Waals surface area contributed by atoms with E-state index in [9.17, 15) is 4.79 Å². The summed E-state index contributed by atoms with van der Waals surface area (Å²) >= 11 is 12.1. The first-order valence-electron chi connectivity index (χ1n) is 8.39. The molecule has 6 nitrogen and oxygen atoms in total. The maximum Gasteiger partial charge on any atom is 0.274 e. The fourth-order valence-electron chi connectivity index (χ4n) is 2.63. The van der Waals surface area contributed by atoms with Crippen LogP contribution in [0.25, 0.3) is 0 Å². The summed E-state index contributed by atoms with van der Waals surface area (Å²) in [5.74, 6) is -0.342. The van der Waals surface area contributed by atoms with Crippen molar-refractivity contribution in [2.45, 2.75) is 0 Å². The fourth-order valence-corrected chi connectivity index (χ4v) is 2.98. The molecule has 0 saturated carbocycles. The number of amides is 1.